The lowest BCUT2D eigenvalue weighted by Gasteiger charge is -2.34. The number of carbonyl (C=O) groups is 3. The van der Waals surface area contributed by atoms with E-state index in [0.29, 0.717) is 24.7 Å². The zero-order chi connectivity index (χ0) is 24.6. The molecule has 35 heavy (non-hydrogen) atoms. The molecule has 0 radical (unpaired) electrons. The van der Waals surface area contributed by atoms with Gasteiger partial charge in [-0.3, -0.25) is 14.4 Å². The quantitative estimate of drug-likeness (QED) is 0.536. The van der Waals surface area contributed by atoms with Crippen molar-refractivity contribution in [2.24, 2.45) is 0 Å². The van der Waals surface area contributed by atoms with E-state index in [2.05, 4.69) is 15.8 Å². The van der Waals surface area contributed by atoms with E-state index in [0.717, 1.165) is 44.1 Å². The van der Waals surface area contributed by atoms with Crippen LogP contribution in [0.1, 0.15) is 68.7 Å². The molecular formula is C26H34N4O5. The number of hydrogen-bond donors (Lipinski definition) is 2. The average molecular weight is 483 g/mol. The first-order valence-corrected chi connectivity index (χ1v) is 12.5. The van der Waals surface area contributed by atoms with Gasteiger partial charge < -0.3 is 24.8 Å². The second-order valence-electron chi connectivity index (χ2n) is 9.36. The summed E-state index contributed by atoms with van der Waals surface area (Å²) in [4.78, 5) is 41.1. The van der Waals surface area contributed by atoms with Crippen LogP contribution in [-0.2, 0) is 19.1 Å². The van der Waals surface area contributed by atoms with Crippen molar-refractivity contribution in [1.82, 2.24) is 15.4 Å². The molecule has 2 aliphatic rings. The van der Waals surface area contributed by atoms with Crippen molar-refractivity contribution in [1.29, 1.82) is 0 Å². The molecule has 0 bridgehead atoms. The zero-order valence-electron chi connectivity index (χ0n) is 20.2. The van der Waals surface area contributed by atoms with Gasteiger partial charge in [-0.1, -0.05) is 48.3 Å². The van der Waals surface area contributed by atoms with Crippen LogP contribution in [0.5, 0.6) is 0 Å². The molecule has 9 heteroatoms. The van der Waals surface area contributed by atoms with Gasteiger partial charge in [-0.05, 0) is 38.2 Å². The first-order valence-electron chi connectivity index (χ1n) is 12.5. The van der Waals surface area contributed by atoms with Crippen molar-refractivity contribution in [2.75, 3.05) is 18.5 Å². The third kappa shape index (κ3) is 6.91. The molecule has 1 aromatic carbocycles. The van der Waals surface area contributed by atoms with Gasteiger partial charge in [-0.15, -0.1) is 0 Å². The Labute approximate surface area is 205 Å². The Balaban J connectivity index is 1.50. The molecule has 1 aliphatic heterocycles. The van der Waals surface area contributed by atoms with Crippen molar-refractivity contribution in [3.63, 3.8) is 0 Å². The average Bonchev–Trinajstić information content (AvgIpc) is 3.62. The molecular weight excluding hydrogens is 448 g/mol. The van der Waals surface area contributed by atoms with E-state index < -0.39 is 6.04 Å². The molecule has 2 atom stereocenters. The van der Waals surface area contributed by atoms with Gasteiger partial charge in [-0.2, -0.15) is 0 Å². The normalized spacial score (nSPS) is 18.8. The summed E-state index contributed by atoms with van der Waals surface area (Å²) >= 11 is 0. The summed E-state index contributed by atoms with van der Waals surface area (Å²) in [6, 6.07) is 10.3. The van der Waals surface area contributed by atoms with Crippen LogP contribution in [0, 0.1) is 6.92 Å². The third-order valence-electron chi connectivity index (χ3n) is 6.58. The molecule has 9 nitrogen and oxygen atoms in total. The Kier molecular flexibility index (Phi) is 8.52. The number of rotatable bonds is 10. The highest BCUT2D eigenvalue weighted by molar-refractivity contribution is 5.94. The fourth-order valence-corrected chi connectivity index (χ4v) is 4.81. The number of benzene rings is 1. The van der Waals surface area contributed by atoms with E-state index in [1.807, 2.05) is 30.3 Å². The molecule has 2 N–H and O–H groups in total. The van der Waals surface area contributed by atoms with Crippen LogP contribution in [0.25, 0.3) is 0 Å². The minimum Gasteiger partial charge on any atom is -0.376 e. The number of hydrogen-bond acceptors (Lipinski definition) is 6. The number of ether oxygens (including phenoxy) is 1. The molecule has 1 saturated carbocycles. The number of amides is 3. The molecule has 2 heterocycles. The largest absolute Gasteiger partial charge is 0.376 e. The van der Waals surface area contributed by atoms with E-state index in [4.69, 9.17) is 9.26 Å². The molecule has 0 spiro atoms. The lowest BCUT2D eigenvalue weighted by Crippen LogP contribution is -2.48. The van der Waals surface area contributed by atoms with Crippen LogP contribution in [0.4, 0.5) is 5.82 Å². The molecule has 2 fully saturated rings. The van der Waals surface area contributed by atoms with E-state index in [9.17, 15) is 14.4 Å². The number of nitrogens with zero attached hydrogens (tertiary/aromatic N) is 2. The summed E-state index contributed by atoms with van der Waals surface area (Å²) in [6.07, 6.45) is 5.67. The SMILES string of the molecule is Cc1cc(NC(=O)CCC(=O)N(C[C@H]2CCCO2)[C@H](C(=O)NC2CCCC2)c2ccccc2)no1. The van der Waals surface area contributed by atoms with Crippen LogP contribution in [0.15, 0.2) is 40.9 Å². The summed E-state index contributed by atoms with van der Waals surface area (Å²) in [5.74, 6) is 0.113. The second-order valence-corrected chi connectivity index (χ2v) is 9.36. The number of nitrogens with one attached hydrogen (secondary N) is 2. The van der Waals surface area contributed by atoms with E-state index in [1.54, 1.807) is 17.9 Å². The highest BCUT2D eigenvalue weighted by Gasteiger charge is 2.35. The molecule has 4 rings (SSSR count). The maximum Gasteiger partial charge on any atom is 0.247 e. The lowest BCUT2D eigenvalue weighted by atomic mass is 10.0. The van der Waals surface area contributed by atoms with Gasteiger partial charge in [0, 0.05) is 38.1 Å². The van der Waals surface area contributed by atoms with Gasteiger partial charge in [0.1, 0.15) is 11.8 Å². The Bertz CT molecular complexity index is 996. The van der Waals surface area contributed by atoms with Crippen LogP contribution in [0.2, 0.25) is 0 Å². The van der Waals surface area contributed by atoms with Crippen molar-refractivity contribution >= 4 is 23.5 Å². The summed E-state index contributed by atoms with van der Waals surface area (Å²) in [5, 5.41) is 9.56. The standard InChI is InChI=1S/C26H34N4O5/c1-18-16-22(29-35-18)28-23(31)13-14-24(32)30(17-21-12-7-15-34-21)25(19-8-3-2-4-9-19)26(33)27-20-10-5-6-11-20/h2-4,8-9,16,20-21,25H,5-7,10-15,17H2,1H3,(H,27,33)(H,28,29,31)/t21-,25+/m1/s1. The Morgan fingerprint density at radius 1 is 1.09 bits per heavy atom. The summed E-state index contributed by atoms with van der Waals surface area (Å²) in [5.41, 5.74) is 0.747. The van der Waals surface area contributed by atoms with Crippen LogP contribution in [-0.4, -0.2) is 53.1 Å². The van der Waals surface area contributed by atoms with Gasteiger partial charge >= 0.3 is 0 Å². The third-order valence-corrected chi connectivity index (χ3v) is 6.58. The maximum absolute atomic E-state index is 13.6. The summed E-state index contributed by atoms with van der Waals surface area (Å²) < 4.78 is 10.8. The topological polar surface area (TPSA) is 114 Å². The van der Waals surface area contributed by atoms with Crippen molar-refractivity contribution in [3.8, 4) is 0 Å². The molecule has 3 amide bonds. The predicted molar refractivity (Wildman–Crippen MR) is 129 cm³/mol. The smallest absolute Gasteiger partial charge is 0.247 e. The van der Waals surface area contributed by atoms with Gasteiger partial charge in [0.15, 0.2) is 5.82 Å². The lowest BCUT2D eigenvalue weighted by molar-refractivity contribution is -0.143. The van der Waals surface area contributed by atoms with Gasteiger partial charge in [-0.25, -0.2) is 0 Å². The van der Waals surface area contributed by atoms with Crippen LogP contribution in [0.3, 0.4) is 0 Å². The highest BCUT2D eigenvalue weighted by atomic mass is 16.5. The maximum atomic E-state index is 13.6. The van der Waals surface area contributed by atoms with E-state index in [1.165, 1.54) is 0 Å². The minimum atomic E-state index is -0.783. The predicted octanol–water partition coefficient (Wildman–Crippen LogP) is 3.51. The Morgan fingerprint density at radius 3 is 2.51 bits per heavy atom. The number of anilines is 1. The minimum absolute atomic E-state index is 0.0292. The van der Waals surface area contributed by atoms with Crippen LogP contribution >= 0.6 is 0 Å². The van der Waals surface area contributed by atoms with Crippen LogP contribution < -0.4 is 10.6 Å². The molecule has 1 aliphatic carbocycles. The Morgan fingerprint density at radius 2 is 1.86 bits per heavy atom. The van der Waals surface area contributed by atoms with E-state index >= 15 is 0 Å². The highest BCUT2D eigenvalue weighted by Crippen LogP contribution is 2.27. The van der Waals surface area contributed by atoms with E-state index in [-0.39, 0.29) is 42.7 Å². The summed E-state index contributed by atoms with van der Waals surface area (Å²) in [6.45, 7) is 2.69. The summed E-state index contributed by atoms with van der Waals surface area (Å²) in [7, 11) is 0. The first kappa shape index (κ1) is 24.9. The Hall–Kier alpha value is -3.20. The van der Waals surface area contributed by atoms with Crippen molar-refractivity contribution in [3.05, 3.63) is 47.7 Å². The fraction of sp³-hybridized carbons (Fsp3) is 0.538. The zero-order valence-corrected chi connectivity index (χ0v) is 20.2. The van der Waals surface area contributed by atoms with Gasteiger partial charge in [0.25, 0.3) is 0 Å². The molecule has 188 valence electrons. The molecule has 2 aromatic rings. The van der Waals surface area contributed by atoms with Crippen molar-refractivity contribution in [2.45, 2.75) is 76.5 Å². The number of carbonyl (C=O) groups excluding carboxylic acids is 3. The number of aryl methyl sites for hydroxylation is 1. The monoisotopic (exact) mass is 482 g/mol. The second kappa shape index (κ2) is 12.0. The molecule has 1 aromatic heterocycles. The first-order chi connectivity index (χ1) is 17.0. The van der Waals surface area contributed by atoms with Gasteiger partial charge in [0.2, 0.25) is 17.7 Å². The van der Waals surface area contributed by atoms with Crippen molar-refractivity contribution < 1.29 is 23.6 Å². The molecule has 0 unspecified atom stereocenters. The number of aromatic nitrogens is 1. The van der Waals surface area contributed by atoms with Gasteiger partial charge in [0.05, 0.1) is 6.10 Å². The molecule has 1 saturated heterocycles. The fourth-order valence-electron chi connectivity index (χ4n) is 4.81.